The minimum absolute atomic E-state index is 0.0302. The first-order valence-corrected chi connectivity index (χ1v) is 7.23. The van der Waals surface area contributed by atoms with E-state index in [-0.39, 0.29) is 11.3 Å². The molecular weight excluding hydrogens is 372 g/mol. The standard InChI is InChI=1S/C16H8BrF2NO3/c17-9-1-4-14-8(5-9)6-11(16(22)23-14)15(21)20-10-2-3-12(18)13(19)7-10/h1-7H,(H,20,21). The number of rotatable bonds is 2. The van der Waals surface area contributed by atoms with E-state index in [0.717, 1.165) is 16.6 Å². The number of anilines is 1. The molecular formula is C16H8BrF2NO3. The lowest BCUT2D eigenvalue weighted by atomic mass is 10.1. The Morgan fingerprint density at radius 1 is 1.04 bits per heavy atom. The fourth-order valence-corrected chi connectivity index (χ4v) is 2.40. The molecule has 4 nitrogen and oxygen atoms in total. The molecule has 0 saturated heterocycles. The molecule has 0 aliphatic carbocycles. The highest BCUT2D eigenvalue weighted by Crippen LogP contribution is 2.20. The summed E-state index contributed by atoms with van der Waals surface area (Å²) in [5.74, 6) is -2.90. The van der Waals surface area contributed by atoms with Crippen LogP contribution < -0.4 is 10.9 Å². The zero-order chi connectivity index (χ0) is 16.6. The van der Waals surface area contributed by atoms with E-state index in [4.69, 9.17) is 4.42 Å². The van der Waals surface area contributed by atoms with Gasteiger partial charge in [-0.2, -0.15) is 0 Å². The molecule has 116 valence electrons. The summed E-state index contributed by atoms with van der Waals surface area (Å²) in [4.78, 5) is 24.1. The highest BCUT2D eigenvalue weighted by molar-refractivity contribution is 9.10. The Kier molecular flexibility index (Phi) is 3.96. The number of amides is 1. The van der Waals surface area contributed by atoms with E-state index in [1.165, 1.54) is 12.1 Å². The molecule has 1 N–H and O–H groups in total. The first-order valence-electron chi connectivity index (χ1n) is 6.44. The van der Waals surface area contributed by atoms with E-state index in [1.807, 2.05) is 0 Å². The molecule has 3 rings (SSSR count). The van der Waals surface area contributed by atoms with Crippen LogP contribution >= 0.6 is 15.9 Å². The minimum Gasteiger partial charge on any atom is -0.422 e. The van der Waals surface area contributed by atoms with Crippen LogP contribution in [0.15, 0.2) is 56.1 Å². The number of carbonyl (C=O) groups excluding carboxylic acids is 1. The molecule has 0 atom stereocenters. The normalized spacial score (nSPS) is 10.7. The maximum absolute atomic E-state index is 13.2. The molecule has 0 saturated carbocycles. The van der Waals surface area contributed by atoms with E-state index in [2.05, 4.69) is 21.2 Å². The van der Waals surface area contributed by atoms with E-state index in [9.17, 15) is 18.4 Å². The third-order valence-electron chi connectivity index (χ3n) is 3.12. The van der Waals surface area contributed by atoms with Gasteiger partial charge in [-0.1, -0.05) is 15.9 Å². The molecule has 0 radical (unpaired) electrons. The number of benzene rings is 2. The molecule has 0 aliphatic heterocycles. The minimum atomic E-state index is -1.10. The molecule has 0 spiro atoms. The maximum atomic E-state index is 13.2. The average molecular weight is 380 g/mol. The number of hydrogen-bond donors (Lipinski definition) is 1. The lowest BCUT2D eigenvalue weighted by molar-refractivity contribution is 0.102. The lowest BCUT2D eigenvalue weighted by Gasteiger charge is -2.06. The molecule has 1 heterocycles. The van der Waals surface area contributed by atoms with Crippen molar-refractivity contribution < 1.29 is 18.0 Å². The van der Waals surface area contributed by atoms with Gasteiger partial charge in [0.2, 0.25) is 0 Å². The summed E-state index contributed by atoms with van der Waals surface area (Å²) in [7, 11) is 0. The summed E-state index contributed by atoms with van der Waals surface area (Å²) in [6.45, 7) is 0. The van der Waals surface area contributed by atoms with Gasteiger partial charge in [0, 0.05) is 21.6 Å². The molecule has 2 aromatic carbocycles. The van der Waals surface area contributed by atoms with Crippen LogP contribution in [0.2, 0.25) is 0 Å². The third-order valence-corrected chi connectivity index (χ3v) is 3.61. The smallest absolute Gasteiger partial charge is 0.349 e. The summed E-state index contributed by atoms with van der Waals surface area (Å²) in [5.41, 5.74) is -0.689. The molecule has 23 heavy (non-hydrogen) atoms. The third kappa shape index (κ3) is 3.14. The van der Waals surface area contributed by atoms with Crippen LogP contribution in [0.3, 0.4) is 0 Å². The molecule has 7 heteroatoms. The number of hydrogen-bond acceptors (Lipinski definition) is 3. The van der Waals surface area contributed by atoms with Crippen molar-refractivity contribution in [2.75, 3.05) is 5.32 Å². The summed E-state index contributed by atoms with van der Waals surface area (Å²) < 4.78 is 31.9. The number of carbonyl (C=O) groups is 1. The van der Waals surface area contributed by atoms with Gasteiger partial charge in [-0.25, -0.2) is 13.6 Å². The fourth-order valence-electron chi connectivity index (χ4n) is 2.02. The Hall–Kier alpha value is -2.54. The number of nitrogens with one attached hydrogen (secondary N) is 1. The molecule has 0 aliphatic rings. The van der Waals surface area contributed by atoms with Crippen molar-refractivity contribution in [3.63, 3.8) is 0 Å². The van der Waals surface area contributed by atoms with E-state index < -0.39 is 23.2 Å². The van der Waals surface area contributed by atoms with Crippen LogP contribution in [0.5, 0.6) is 0 Å². The topological polar surface area (TPSA) is 59.3 Å². The Morgan fingerprint density at radius 2 is 1.83 bits per heavy atom. The number of halogens is 3. The van der Waals surface area contributed by atoms with E-state index in [1.54, 1.807) is 18.2 Å². The van der Waals surface area contributed by atoms with Crippen LogP contribution in [-0.2, 0) is 0 Å². The van der Waals surface area contributed by atoms with E-state index in [0.29, 0.717) is 11.0 Å². The SMILES string of the molecule is O=C(Nc1ccc(F)c(F)c1)c1cc2cc(Br)ccc2oc1=O. The van der Waals surface area contributed by atoms with Crippen molar-refractivity contribution in [1.82, 2.24) is 0 Å². The van der Waals surface area contributed by atoms with Gasteiger partial charge >= 0.3 is 5.63 Å². The van der Waals surface area contributed by atoms with Gasteiger partial charge in [0.05, 0.1) is 0 Å². The highest BCUT2D eigenvalue weighted by Gasteiger charge is 2.15. The fraction of sp³-hybridized carbons (Fsp3) is 0. The van der Waals surface area contributed by atoms with Crippen molar-refractivity contribution in [2.45, 2.75) is 0 Å². The lowest BCUT2D eigenvalue weighted by Crippen LogP contribution is -2.20. The largest absolute Gasteiger partial charge is 0.422 e. The van der Waals surface area contributed by atoms with Crippen LogP contribution in [-0.4, -0.2) is 5.91 Å². The highest BCUT2D eigenvalue weighted by atomic mass is 79.9. The second-order valence-corrected chi connectivity index (χ2v) is 5.63. The van der Waals surface area contributed by atoms with Gasteiger partial charge in [-0.15, -0.1) is 0 Å². The van der Waals surface area contributed by atoms with Crippen molar-refractivity contribution >= 4 is 38.5 Å². The molecule has 0 bridgehead atoms. The van der Waals surface area contributed by atoms with Crippen LogP contribution in [0.1, 0.15) is 10.4 Å². The summed E-state index contributed by atoms with van der Waals surface area (Å²) in [6.07, 6.45) is 0. The second-order valence-electron chi connectivity index (χ2n) is 4.71. The van der Waals surface area contributed by atoms with Crippen LogP contribution in [0.25, 0.3) is 11.0 Å². The van der Waals surface area contributed by atoms with Crippen molar-refractivity contribution in [3.05, 3.63) is 74.6 Å². The Morgan fingerprint density at radius 3 is 2.57 bits per heavy atom. The predicted octanol–water partition coefficient (Wildman–Crippen LogP) is 4.09. The monoisotopic (exact) mass is 379 g/mol. The van der Waals surface area contributed by atoms with Gasteiger partial charge in [0.25, 0.3) is 5.91 Å². The van der Waals surface area contributed by atoms with Crippen LogP contribution in [0, 0.1) is 11.6 Å². The first-order chi connectivity index (χ1) is 10.9. The average Bonchev–Trinajstić information content (AvgIpc) is 2.50. The zero-order valence-corrected chi connectivity index (χ0v) is 13.0. The van der Waals surface area contributed by atoms with Gasteiger partial charge in [0.1, 0.15) is 11.1 Å². The maximum Gasteiger partial charge on any atom is 0.349 e. The Bertz CT molecular complexity index is 985. The predicted molar refractivity (Wildman–Crippen MR) is 84.5 cm³/mol. The summed E-state index contributed by atoms with van der Waals surface area (Å²) in [5, 5.41) is 2.88. The molecule has 0 unspecified atom stereocenters. The zero-order valence-electron chi connectivity index (χ0n) is 11.4. The second kappa shape index (κ2) is 5.92. The van der Waals surface area contributed by atoms with Gasteiger partial charge in [-0.05, 0) is 36.4 Å². The van der Waals surface area contributed by atoms with Crippen molar-refractivity contribution in [2.24, 2.45) is 0 Å². The summed E-state index contributed by atoms with van der Waals surface area (Å²) >= 11 is 3.28. The van der Waals surface area contributed by atoms with Crippen LogP contribution in [0.4, 0.5) is 14.5 Å². The molecule has 1 aromatic heterocycles. The quantitative estimate of drug-likeness (QED) is 0.682. The molecule has 0 fully saturated rings. The Labute approximate surface area is 136 Å². The van der Waals surface area contributed by atoms with Gasteiger partial charge < -0.3 is 9.73 Å². The van der Waals surface area contributed by atoms with Gasteiger partial charge in [0.15, 0.2) is 11.6 Å². The van der Waals surface area contributed by atoms with Crippen molar-refractivity contribution in [1.29, 1.82) is 0 Å². The van der Waals surface area contributed by atoms with E-state index >= 15 is 0 Å². The molecule has 1 amide bonds. The first kappa shape index (κ1) is 15.4. The van der Waals surface area contributed by atoms with Crippen molar-refractivity contribution in [3.8, 4) is 0 Å². The summed E-state index contributed by atoms with van der Waals surface area (Å²) in [6, 6.07) is 9.25. The number of fused-ring (bicyclic) bond motifs is 1. The Balaban J connectivity index is 1.98. The molecule has 3 aromatic rings. The van der Waals surface area contributed by atoms with Gasteiger partial charge in [-0.3, -0.25) is 4.79 Å².